The average molecular weight is 252 g/mol. The Morgan fingerprint density at radius 3 is 2.22 bits per heavy atom. The summed E-state index contributed by atoms with van der Waals surface area (Å²) in [5.41, 5.74) is 0. The highest BCUT2D eigenvalue weighted by Crippen LogP contribution is 2.39. The van der Waals surface area contributed by atoms with E-state index in [9.17, 15) is 0 Å². The van der Waals surface area contributed by atoms with Crippen molar-refractivity contribution < 1.29 is 4.74 Å². The molecule has 3 aliphatic rings. The van der Waals surface area contributed by atoms with Crippen LogP contribution in [-0.4, -0.2) is 49.3 Å². The van der Waals surface area contributed by atoms with Crippen LogP contribution in [0.15, 0.2) is 0 Å². The van der Waals surface area contributed by atoms with Gasteiger partial charge in [0.1, 0.15) is 0 Å². The molecule has 0 aromatic carbocycles. The SMILES string of the molecule is CNC1CC2CCC(C1)N2C(C)C1CCOCC1. The minimum absolute atomic E-state index is 0.764. The molecule has 0 amide bonds. The maximum atomic E-state index is 5.51. The Bertz CT molecular complexity index is 264. The van der Waals surface area contributed by atoms with Gasteiger partial charge < -0.3 is 10.1 Å². The Kier molecular flexibility index (Phi) is 3.92. The Hall–Kier alpha value is -0.120. The lowest BCUT2D eigenvalue weighted by atomic mass is 9.87. The zero-order valence-corrected chi connectivity index (χ0v) is 11.9. The molecule has 3 rings (SSSR count). The summed E-state index contributed by atoms with van der Waals surface area (Å²) in [6.45, 7) is 4.44. The van der Waals surface area contributed by atoms with Crippen LogP contribution in [0.25, 0.3) is 0 Å². The smallest absolute Gasteiger partial charge is 0.0469 e. The molecular weight excluding hydrogens is 224 g/mol. The standard InChI is InChI=1S/C15H28N2O/c1-11(12-5-7-18-8-6-12)17-14-3-4-15(17)10-13(9-14)16-2/h11-16H,3-10H2,1-2H3. The number of hydrogen-bond acceptors (Lipinski definition) is 3. The molecule has 3 nitrogen and oxygen atoms in total. The van der Waals surface area contributed by atoms with Crippen molar-refractivity contribution in [2.75, 3.05) is 20.3 Å². The molecule has 0 saturated carbocycles. The Morgan fingerprint density at radius 1 is 1.06 bits per heavy atom. The molecule has 0 spiro atoms. The molecule has 0 aromatic heterocycles. The second kappa shape index (κ2) is 5.48. The van der Waals surface area contributed by atoms with Crippen molar-refractivity contribution in [3.05, 3.63) is 0 Å². The Balaban J connectivity index is 1.65. The lowest BCUT2D eigenvalue weighted by molar-refractivity contribution is -0.000575. The number of fused-ring (bicyclic) bond motifs is 2. The van der Waals surface area contributed by atoms with Gasteiger partial charge in [0.2, 0.25) is 0 Å². The first kappa shape index (κ1) is 12.9. The molecule has 2 bridgehead atoms. The van der Waals surface area contributed by atoms with Gasteiger partial charge in [-0.2, -0.15) is 0 Å². The number of piperidine rings is 1. The van der Waals surface area contributed by atoms with Gasteiger partial charge in [-0.25, -0.2) is 0 Å². The molecule has 18 heavy (non-hydrogen) atoms. The maximum absolute atomic E-state index is 5.51. The molecule has 0 aliphatic carbocycles. The fraction of sp³-hybridized carbons (Fsp3) is 1.00. The van der Waals surface area contributed by atoms with Crippen molar-refractivity contribution in [3.8, 4) is 0 Å². The molecule has 3 heterocycles. The summed E-state index contributed by atoms with van der Waals surface area (Å²) in [6.07, 6.45) is 8.12. The molecule has 0 radical (unpaired) electrons. The van der Waals surface area contributed by atoms with E-state index in [0.29, 0.717) is 0 Å². The molecule has 3 heteroatoms. The molecule has 3 atom stereocenters. The lowest BCUT2D eigenvalue weighted by Gasteiger charge is -2.45. The number of nitrogens with one attached hydrogen (secondary N) is 1. The van der Waals surface area contributed by atoms with Crippen LogP contribution in [-0.2, 0) is 4.74 Å². The Labute approximate surface area is 111 Å². The first-order chi connectivity index (χ1) is 8.79. The third-order valence-corrected chi connectivity index (χ3v) is 5.62. The van der Waals surface area contributed by atoms with Crippen LogP contribution in [0.1, 0.15) is 45.4 Å². The molecule has 3 unspecified atom stereocenters. The highest BCUT2D eigenvalue weighted by molar-refractivity contribution is 5.00. The number of hydrogen-bond donors (Lipinski definition) is 1. The van der Waals surface area contributed by atoms with Gasteiger partial charge >= 0.3 is 0 Å². The van der Waals surface area contributed by atoms with Crippen molar-refractivity contribution in [2.24, 2.45) is 5.92 Å². The predicted octanol–water partition coefficient (Wildman–Crippen LogP) is 2.02. The van der Waals surface area contributed by atoms with Gasteiger partial charge in [-0.15, -0.1) is 0 Å². The van der Waals surface area contributed by atoms with Crippen LogP contribution in [0.2, 0.25) is 0 Å². The van der Waals surface area contributed by atoms with Gasteiger partial charge in [0.05, 0.1) is 0 Å². The van der Waals surface area contributed by atoms with E-state index >= 15 is 0 Å². The quantitative estimate of drug-likeness (QED) is 0.831. The molecule has 1 N–H and O–H groups in total. The molecule has 104 valence electrons. The Morgan fingerprint density at radius 2 is 1.67 bits per heavy atom. The summed E-state index contributed by atoms with van der Waals surface area (Å²) in [6, 6.07) is 3.22. The average Bonchev–Trinajstić information content (AvgIpc) is 2.69. The van der Waals surface area contributed by atoms with E-state index in [2.05, 4.69) is 24.2 Å². The van der Waals surface area contributed by atoms with E-state index in [0.717, 1.165) is 43.3 Å². The van der Waals surface area contributed by atoms with E-state index in [4.69, 9.17) is 4.74 Å². The van der Waals surface area contributed by atoms with Crippen LogP contribution >= 0.6 is 0 Å². The van der Waals surface area contributed by atoms with Crippen LogP contribution < -0.4 is 5.32 Å². The van der Waals surface area contributed by atoms with E-state index in [-0.39, 0.29) is 0 Å². The van der Waals surface area contributed by atoms with Crippen LogP contribution in [0.3, 0.4) is 0 Å². The fourth-order valence-corrected chi connectivity index (χ4v) is 4.56. The highest BCUT2D eigenvalue weighted by Gasteiger charge is 2.43. The van der Waals surface area contributed by atoms with Gasteiger partial charge in [-0.05, 0) is 58.4 Å². The molecule has 3 saturated heterocycles. The van der Waals surface area contributed by atoms with Gasteiger partial charge in [-0.3, -0.25) is 4.90 Å². The second-order valence-corrected chi connectivity index (χ2v) is 6.48. The van der Waals surface area contributed by atoms with Crippen molar-refractivity contribution >= 4 is 0 Å². The van der Waals surface area contributed by atoms with E-state index in [1.165, 1.54) is 38.5 Å². The van der Waals surface area contributed by atoms with E-state index < -0.39 is 0 Å². The normalized spacial score (nSPS) is 40.0. The molecule has 3 fully saturated rings. The van der Waals surface area contributed by atoms with Gasteiger partial charge in [0, 0.05) is 37.4 Å². The summed E-state index contributed by atoms with van der Waals surface area (Å²) in [5, 5.41) is 3.50. The summed E-state index contributed by atoms with van der Waals surface area (Å²) < 4.78 is 5.51. The largest absolute Gasteiger partial charge is 0.381 e. The summed E-state index contributed by atoms with van der Waals surface area (Å²) >= 11 is 0. The topological polar surface area (TPSA) is 24.5 Å². The zero-order valence-electron chi connectivity index (χ0n) is 11.9. The molecule has 3 aliphatic heterocycles. The first-order valence-corrected chi connectivity index (χ1v) is 7.82. The third-order valence-electron chi connectivity index (χ3n) is 5.62. The van der Waals surface area contributed by atoms with Crippen molar-refractivity contribution in [1.82, 2.24) is 10.2 Å². The monoisotopic (exact) mass is 252 g/mol. The lowest BCUT2D eigenvalue weighted by Crippen LogP contribution is -2.54. The number of ether oxygens (including phenoxy) is 1. The molecule has 0 aromatic rings. The highest BCUT2D eigenvalue weighted by atomic mass is 16.5. The third kappa shape index (κ3) is 2.33. The summed E-state index contributed by atoms with van der Waals surface area (Å²) in [7, 11) is 2.13. The van der Waals surface area contributed by atoms with Gasteiger partial charge in [-0.1, -0.05) is 0 Å². The summed E-state index contributed by atoms with van der Waals surface area (Å²) in [4.78, 5) is 2.88. The van der Waals surface area contributed by atoms with E-state index in [1.54, 1.807) is 0 Å². The van der Waals surface area contributed by atoms with Crippen LogP contribution in [0, 0.1) is 5.92 Å². The van der Waals surface area contributed by atoms with E-state index in [1.807, 2.05) is 0 Å². The first-order valence-electron chi connectivity index (χ1n) is 7.82. The van der Waals surface area contributed by atoms with Crippen molar-refractivity contribution in [3.63, 3.8) is 0 Å². The van der Waals surface area contributed by atoms with Crippen LogP contribution in [0.4, 0.5) is 0 Å². The fourth-order valence-electron chi connectivity index (χ4n) is 4.56. The van der Waals surface area contributed by atoms with Crippen molar-refractivity contribution in [1.29, 1.82) is 0 Å². The van der Waals surface area contributed by atoms with Crippen LogP contribution in [0.5, 0.6) is 0 Å². The zero-order chi connectivity index (χ0) is 12.5. The van der Waals surface area contributed by atoms with Crippen molar-refractivity contribution in [2.45, 2.75) is 69.6 Å². The minimum Gasteiger partial charge on any atom is -0.381 e. The molecular formula is C15H28N2O. The number of rotatable bonds is 3. The van der Waals surface area contributed by atoms with Gasteiger partial charge in [0.25, 0.3) is 0 Å². The van der Waals surface area contributed by atoms with Gasteiger partial charge in [0.15, 0.2) is 0 Å². The maximum Gasteiger partial charge on any atom is 0.0469 e. The number of nitrogens with zero attached hydrogens (tertiary/aromatic N) is 1. The second-order valence-electron chi connectivity index (χ2n) is 6.48. The summed E-state index contributed by atoms with van der Waals surface area (Å²) in [5.74, 6) is 0.869. The minimum atomic E-state index is 0.764. The predicted molar refractivity (Wildman–Crippen MR) is 73.7 cm³/mol.